The van der Waals surface area contributed by atoms with Gasteiger partial charge in [0.1, 0.15) is 12.1 Å². The minimum absolute atomic E-state index is 0.0546. The molecule has 1 aliphatic rings. The van der Waals surface area contributed by atoms with E-state index in [2.05, 4.69) is 47.2 Å². The molecule has 1 aromatic carbocycles. The van der Waals surface area contributed by atoms with E-state index < -0.39 is 16.1 Å². The highest BCUT2D eigenvalue weighted by molar-refractivity contribution is 7.91. The van der Waals surface area contributed by atoms with E-state index in [4.69, 9.17) is 0 Å². The van der Waals surface area contributed by atoms with Crippen LogP contribution in [0.3, 0.4) is 0 Å². The van der Waals surface area contributed by atoms with Crippen molar-refractivity contribution in [2.24, 2.45) is 7.05 Å². The van der Waals surface area contributed by atoms with Crippen molar-refractivity contribution in [2.45, 2.75) is 24.1 Å². The van der Waals surface area contributed by atoms with Gasteiger partial charge in [0, 0.05) is 68.5 Å². The van der Waals surface area contributed by atoms with Crippen molar-refractivity contribution in [1.29, 1.82) is 0 Å². The average Bonchev–Trinajstić information content (AvgIpc) is 3.54. The summed E-state index contributed by atoms with van der Waals surface area (Å²) >= 11 is 0.925. The second kappa shape index (κ2) is 11.4. The Kier molecular flexibility index (Phi) is 7.98. The fourth-order valence-electron chi connectivity index (χ4n) is 4.75. The number of carbonyl (C=O) groups is 1. The number of carbonyl (C=O) groups excluding carboxylic acids is 1. The smallest absolute Gasteiger partial charge is 0.413 e. The van der Waals surface area contributed by atoms with Crippen LogP contribution in [0, 0.1) is 6.92 Å². The van der Waals surface area contributed by atoms with Crippen LogP contribution in [0.4, 0.5) is 15.7 Å². The quantitative estimate of drug-likeness (QED) is 0.316. The molecule has 0 saturated carbocycles. The molecule has 212 valence electrons. The molecule has 1 amide bonds. The molecular weight excluding hydrogens is 554 g/mol. The van der Waals surface area contributed by atoms with E-state index in [-0.39, 0.29) is 15.4 Å². The lowest BCUT2D eigenvalue weighted by atomic mass is 10.1. The Balaban J connectivity index is 1.22. The number of hydrogen-bond donors (Lipinski definition) is 2. The number of para-hydroxylation sites is 1. The molecule has 1 saturated heterocycles. The Morgan fingerprint density at radius 2 is 1.98 bits per heavy atom. The highest BCUT2D eigenvalue weighted by atomic mass is 32.2. The Hall–Kier alpha value is -3.66. The minimum atomic E-state index is -3.73. The molecule has 1 aliphatic heterocycles. The first kappa shape index (κ1) is 27.9. The summed E-state index contributed by atoms with van der Waals surface area (Å²) in [7, 11) is -0.614. The maximum atomic E-state index is 13.3. The van der Waals surface area contributed by atoms with Crippen LogP contribution in [0.15, 0.2) is 41.1 Å². The molecule has 4 heterocycles. The topological polar surface area (TPSA) is 147 Å². The average molecular weight is 586 g/mol. The molecule has 1 fully saturated rings. The summed E-state index contributed by atoms with van der Waals surface area (Å²) in [6.45, 7) is 6.31. The maximum Gasteiger partial charge on any atom is 0.413 e. The maximum absolute atomic E-state index is 13.3. The zero-order valence-electron chi connectivity index (χ0n) is 22.7. The molecule has 2 N–H and O–H groups in total. The molecule has 0 spiro atoms. The van der Waals surface area contributed by atoms with Gasteiger partial charge < -0.3 is 10.1 Å². The number of thiazole rings is 1. The van der Waals surface area contributed by atoms with E-state index in [9.17, 15) is 13.2 Å². The molecule has 0 radical (unpaired) electrons. The van der Waals surface area contributed by atoms with Gasteiger partial charge in [-0.25, -0.2) is 28.2 Å². The Morgan fingerprint density at radius 1 is 1.20 bits per heavy atom. The number of aryl methyl sites for hydroxylation is 2. The van der Waals surface area contributed by atoms with Crippen LogP contribution in [0.5, 0.6) is 0 Å². The van der Waals surface area contributed by atoms with Crippen molar-refractivity contribution < 1.29 is 17.9 Å². The number of nitrogens with one attached hydrogen (secondary N) is 2. The van der Waals surface area contributed by atoms with Gasteiger partial charge in [-0.05, 0) is 19.9 Å². The van der Waals surface area contributed by atoms with E-state index in [0.29, 0.717) is 38.4 Å². The zero-order chi connectivity index (χ0) is 28.4. The first-order chi connectivity index (χ1) is 19.2. The summed E-state index contributed by atoms with van der Waals surface area (Å²) in [6.07, 6.45) is 4.65. The van der Waals surface area contributed by atoms with Crippen LogP contribution in [0.2, 0.25) is 0 Å². The summed E-state index contributed by atoms with van der Waals surface area (Å²) in [5.41, 5.74) is 3.18. The number of sulfonamides is 1. The second-order valence-corrected chi connectivity index (χ2v) is 12.7. The van der Waals surface area contributed by atoms with Crippen molar-refractivity contribution in [2.75, 3.05) is 50.5 Å². The number of methoxy groups -OCH3 is 1. The predicted molar refractivity (Wildman–Crippen MR) is 153 cm³/mol. The van der Waals surface area contributed by atoms with Gasteiger partial charge >= 0.3 is 6.09 Å². The molecule has 0 bridgehead atoms. The number of amides is 1. The second-order valence-electron chi connectivity index (χ2n) is 9.59. The molecule has 15 heteroatoms. The number of nitrogens with zero attached hydrogens (tertiary/aromatic N) is 7. The summed E-state index contributed by atoms with van der Waals surface area (Å²) in [4.78, 5) is 26.9. The van der Waals surface area contributed by atoms with Crippen molar-refractivity contribution in [1.82, 2.24) is 33.9 Å². The van der Waals surface area contributed by atoms with Gasteiger partial charge in [0.15, 0.2) is 9.34 Å². The first-order valence-corrected chi connectivity index (χ1v) is 15.0. The van der Waals surface area contributed by atoms with Crippen molar-refractivity contribution in [3.63, 3.8) is 0 Å². The monoisotopic (exact) mass is 585 g/mol. The summed E-state index contributed by atoms with van der Waals surface area (Å²) in [6, 6.07) is 6.07. The Labute approximate surface area is 236 Å². The van der Waals surface area contributed by atoms with Gasteiger partial charge in [-0.15, -0.1) is 0 Å². The van der Waals surface area contributed by atoms with Gasteiger partial charge in [0.25, 0.3) is 10.0 Å². The van der Waals surface area contributed by atoms with Crippen LogP contribution >= 0.6 is 11.3 Å². The number of piperazine rings is 1. The highest BCUT2D eigenvalue weighted by Gasteiger charge is 2.32. The van der Waals surface area contributed by atoms with Crippen LogP contribution < -0.4 is 10.6 Å². The van der Waals surface area contributed by atoms with E-state index in [1.54, 1.807) is 17.9 Å². The van der Waals surface area contributed by atoms with E-state index >= 15 is 0 Å². The van der Waals surface area contributed by atoms with Crippen LogP contribution in [0.1, 0.15) is 12.6 Å². The van der Waals surface area contributed by atoms with Crippen molar-refractivity contribution in [3.05, 3.63) is 42.6 Å². The number of fused-ring (bicyclic) bond motifs is 1. The van der Waals surface area contributed by atoms with Gasteiger partial charge in [-0.2, -0.15) is 9.40 Å². The summed E-state index contributed by atoms with van der Waals surface area (Å²) in [5, 5.41) is 11.3. The third-order valence-electron chi connectivity index (χ3n) is 6.65. The summed E-state index contributed by atoms with van der Waals surface area (Å²) < 4.78 is 34.5. The summed E-state index contributed by atoms with van der Waals surface area (Å²) in [5.74, 6) is 0.751. The molecule has 1 unspecified atom stereocenters. The first-order valence-electron chi connectivity index (χ1n) is 12.7. The van der Waals surface area contributed by atoms with Gasteiger partial charge in [0.2, 0.25) is 0 Å². The molecular formula is C25H31N9O4S2. The van der Waals surface area contributed by atoms with Crippen LogP contribution in [0.25, 0.3) is 22.0 Å². The SMILES string of the molecule is COC(=O)Nc1nc(C)c(S(=O)(=O)N2CCN(CC(C)Nc3ncnc4c(-c5cnn(C)c5)cccc34)CC2)s1. The molecule has 3 aromatic heterocycles. The third-order valence-corrected chi connectivity index (χ3v) is 10.2. The molecule has 1 atom stereocenters. The Bertz CT molecular complexity index is 1630. The fourth-order valence-corrected chi connectivity index (χ4v) is 7.70. The lowest BCUT2D eigenvalue weighted by molar-refractivity contribution is 0.184. The third kappa shape index (κ3) is 5.77. The molecule has 13 nitrogen and oxygen atoms in total. The standard InChI is InChI=1S/C25H31N9O4S2/c1-16(29-22-20-7-5-6-19(21(20)26-15-27-22)18-12-28-32(3)14-18)13-33-8-10-34(11-9-33)40(36,37)23-17(2)30-24(39-23)31-25(35)38-4/h5-7,12,14-16H,8-11,13H2,1-4H3,(H,26,27,29)(H,30,31,35). The van der Waals surface area contributed by atoms with Crippen LogP contribution in [-0.4, -0.2) is 94.3 Å². The molecule has 0 aliphatic carbocycles. The molecule has 5 rings (SSSR count). The number of ether oxygens (including phenoxy) is 1. The normalized spacial score (nSPS) is 15.7. The lowest BCUT2D eigenvalue weighted by Crippen LogP contribution is -2.50. The largest absolute Gasteiger partial charge is 0.453 e. The Morgan fingerprint density at radius 3 is 2.67 bits per heavy atom. The van der Waals surface area contributed by atoms with Gasteiger partial charge in [0.05, 0.1) is 24.5 Å². The number of benzene rings is 1. The van der Waals surface area contributed by atoms with Crippen molar-refractivity contribution >= 4 is 49.3 Å². The molecule has 40 heavy (non-hydrogen) atoms. The van der Waals surface area contributed by atoms with E-state index in [1.807, 2.05) is 37.6 Å². The van der Waals surface area contributed by atoms with Crippen molar-refractivity contribution in [3.8, 4) is 11.1 Å². The fraction of sp³-hybridized carbons (Fsp3) is 0.400. The number of anilines is 2. The minimum Gasteiger partial charge on any atom is -0.453 e. The number of rotatable bonds is 8. The molecule has 4 aromatic rings. The van der Waals surface area contributed by atoms with E-state index in [0.717, 1.165) is 39.2 Å². The predicted octanol–water partition coefficient (Wildman–Crippen LogP) is 2.78. The van der Waals surface area contributed by atoms with E-state index in [1.165, 1.54) is 11.4 Å². The lowest BCUT2D eigenvalue weighted by Gasteiger charge is -2.35. The van der Waals surface area contributed by atoms with Gasteiger partial charge in [-0.1, -0.05) is 23.5 Å². The van der Waals surface area contributed by atoms with Crippen LogP contribution in [-0.2, 0) is 21.8 Å². The highest BCUT2D eigenvalue weighted by Crippen LogP contribution is 2.31. The number of hydrogen-bond acceptors (Lipinski definition) is 11. The number of aromatic nitrogens is 5. The zero-order valence-corrected chi connectivity index (χ0v) is 24.3. The van der Waals surface area contributed by atoms with Gasteiger partial charge in [-0.3, -0.25) is 14.9 Å².